The lowest BCUT2D eigenvalue weighted by molar-refractivity contribution is -0.122. The summed E-state index contributed by atoms with van der Waals surface area (Å²) in [6.07, 6.45) is 3.51. The van der Waals surface area contributed by atoms with Gasteiger partial charge in [0.15, 0.2) is 0 Å². The van der Waals surface area contributed by atoms with E-state index in [4.69, 9.17) is 17.3 Å². The lowest BCUT2D eigenvalue weighted by Crippen LogP contribution is -2.27. The van der Waals surface area contributed by atoms with E-state index in [1.165, 1.54) is 0 Å². The molecule has 2 atom stereocenters. The molecule has 0 aliphatic carbocycles. The van der Waals surface area contributed by atoms with Crippen LogP contribution in [0, 0.1) is 5.92 Å². The second-order valence-electron chi connectivity index (χ2n) is 5.20. The third kappa shape index (κ3) is 5.51. The summed E-state index contributed by atoms with van der Waals surface area (Å²) in [6.45, 7) is 4.79. The quantitative estimate of drug-likeness (QED) is 0.769. The van der Waals surface area contributed by atoms with Crippen molar-refractivity contribution in [3.05, 3.63) is 34.9 Å². The Kier molecular flexibility index (Phi) is 7.63. The summed E-state index contributed by atoms with van der Waals surface area (Å²) in [5.41, 5.74) is 6.52. The molecule has 0 bridgehead atoms. The molecule has 3 nitrogen and oxygen atoms in total. The molecule has 1 aromatic carbocycles. The fourth-order valence-corrected chi connectivity index (χ4v) is 2.64. The third-order valence-electron chi connectivity index (χ3n) is 3.68. The minimum atomic E-state index is -0.0641. The molecule has 3 N–H and O–H groups in total. The largest absolute Gasteiger partial charge is 0.350 e. The molecule has 0 aliphatic heterocycles. The Labute approximate surface area is 126 Å². The first kappa shape index (κ1) is 17.0. The van der Waals surface area contributed by atoms with Gasteiger partial charge in [0.1, 0.15) is 0 Å². The van der Waals surface area contributed by atoms with Crippen LogP contribution in [0.2, 0.25) is 5.02 Å². The zero-order valence-corrected chi connectivity index (χ0v) is 13.1. The van der Waals surface area contributed by atoms with Crippen LogP contribution in [0.3, 0.4) is 0 Å². The number of nitrogens with one attached hydrogen (secondary N) is 1. The van der Waals surface area contributed by atoms with Gasteiger partial charge in [0.05, 0.1) is 6.04 Å². The summed E-state index contributed by atoms with van der Waals surface area (Å²) >= 11 is 6.13. The van der Waals surface area contributed by atoms with Crippen LogP contribution in [-0.4, -0.2) is 12.5 Å². The van der Waals surface area contributed by atoms with E-state index in [0.29, 0.717) is 23.9 Å². The van der Waals surface area contributed by atoms with Gasteiger partial charge >= 0.3 is 0 Å². The lowest BCUT2D eigenvalue weighted by Gasteiger charge is -2.17. The van der Waals surface area contributed by atoms with Crippen LogP contribution in [0.4, 0.5) is 0 Å². The summed E-state index contributed by atoms with van der Waals surface area (Å²) in [5.74, 6) is 0.620. The van der Waals surface area contributed by atoms with Crippen molar-refractivity contribution in [2.75, 3.05) is 6.54 Å². The summed E-state index contributed by atoms with van der Waals surface area (Å²) in [6, 6.07) is 7.53. The topological polar surface area (TPSA) is 55.1 Å². The fraction of sp³-hybridized carbons (Fsp3) is 0.562. The molecule has 1 amide bonds. The zero-order chi connectivity index (χ0) is 15.0. The van der Waals surface area contributed by atoms with Gasteiger partial charge in [-0.1, -0.05) is 43.1 Å². The molecule has 0 heterocycles. The Morgan fingerprint density at radius 1 is 1.35 bits per heavy atom. The van der Waals surface area contributed by atoms with Gasteiger partial charge in [-0.3, -0.25) is 4.79 Å². The van der Waals surface area contributed by atoms with Gasteiger partial charge in [0.25, 0.3) is 0 Å². The molecule has 0 spiro atoms. The van der Waals surface area contributed by atoms with Crippen LogP contribution < -0.4 is 11.1 Å². The van der Waals surface area contributed by atoms with E-state index < -0.39 is 0 Å². The van der Waals surface area contributed by atoms with E-state index in [2.05, 4.69) is 12.2 Å². The third-order valence-corrected chi connectivity index (χ3v) is 4.03. The fourth-order valence-electron chi connectivity index (χ4n) is 2.34. The molecule has 1 aromatic rings. The van der Waals surface area contributed by atoms with Gasteiger partial charge in [0, 0.05) is 11.4 Å². The molecular weight excluding hydrogens is 272 g/mol. The van der Waals surface area contributed by atoms with E-state index in [1.54, 1.807) is 0 Å². The number of carbonyl (C=O) groups excluding carboxylic acids is 1. The second kappa shape index (κ2) is 8.98. The van der Waals surface area contributed by atoms with Crippen molar-refractivity contribution in [1.82, 2.24) is 5.32 Å². The molecule has 0 fully saturated rings. The van der Waals surface area contributed by atoms with Gasteiger partial charge in [0.2, 0.25) is 5.91 Å². The Balaban J connectivity index is 2.44. The van der Waals surface area contributed by atoms with Crippen molar-refractivity contribution >= 4 is 17.5 Å². The highest BCUT2D eigenvalue weighted by atomic mass is 35.5. The molecule has 112 valence electrons. The number of hydrogen-bond acceptors (Lipinski definition) is 2. The van der Waals surface area contributed by atoms with Crippen molar-refractivity contribution in [3.8, 4) is 0 Å². The standard InChI is InChI=1S/C16H25ClN2O/c1-3-13(10-11-18)8-9-16(20)19-12(2)14-6-4-5-7-15(14)17/h4-7,12-13H,3,8-11,18H2,1-2H3,(H,19,20). The van der Waals surface area contributed by atoms with Crippen molar-refractivity contribution in [3.63, 3.8) is 0 Å². The van der Waals surface area contributed by atoms with Crippen molar-refractivity contribution in [2.24, 2.45) is 11.7 Å². The van der Waals surface area contributed by atoms with E-state index in [1.807, 2.05) is 31.2 Å². The van der Waals surface area contributed by atoms with Crippen molar-refractivity contribution in [2.45, 2.75) is 45.6 Å². The van der Waals surface area contributed by atoms with Gasteiger partial charge in [-0.15, -0.1) is 0 Å². The summed E-state index contributed by atoms with van der Waals surface area (Å²) in [7, 11) is 0. The summed E-state index contributed by atoms with van der Waals surface area (Å²) in [4.78, 5) is 12.0. The van der Waals surface area contributed by atoms with Crippen molar-refractivity contribution < 1.29 is 4.79 Å². The molecule has 20 heavy (non-hydrogen) atoms. The predicted octanol–water partition coefficient (Wildman–Crippen LogP) is 3.67. The first-order valence-corrected chi connectivity index (χ1v) is 7.70. The molecule has 1 rings (SSSR count). The van der Waals surface area contributed by atoms with Crippen molar-refractivity contribution in [1.29, 1.82) is 0 Å². The van der Waals surface area contributed by atoms with E-state index >= 15 is 0 Å². The molecule has 0 aromatic heterocycles. The SMILES string of the molecule is CCC(CCN)CCC(=O)NC(C)c1ccccc1Cl. The van der Waals surface area contributed by atoms with Gasteiger partial charge < -0.3 is 11.1 Å². The summed E-state index contributed by atoms with van der Waals surface area (Å²) in [5, 5.41) is 3.69. The Bertz CT molecular complexity index is 423. The average Bonchev–Trinajstić information content (AvgIpc) is 2.43. The molecule has 2 unspecified atom stereocenters. The number of amides is 1. The first-order chi connectivity index (χ1) is 9.58. The Hall–Kier alpha value is -1.06. The maximum absolute atomic E-state index is 12.0. The van der Waals surface area contributed by atoms with Crippen LogP contribution in [-0.2, 0) is 4.79 Å². The smallest absolute Gasteiger partial charge is 0.220 e. The highest BCUT2D eigenvalue weighted by molar-refractivity contribution is 6.31. The van der Waals surface area contributed by atoms with E-state index in [9.17, 15) is 4.79 Å². The maximum Gasteiger partial charge on any atom is 0.220 e. The maximum atomic E-state index is 12.0. The van der Waals surface area contributed by atoms with Crippen LogP contribution >= 0.6 is 11.6 Å². The molecular formula is C16H25ClN2O. The molecule has 0 saturated carbocycles. The number of rotatable bonds is 8. The monoisotopic (exact) mass is 296 g/mol. The number of carbonyl (C=O) groups is 1. The van der Waals surface area contributed by atoms with E-state index in [0.717, 1.165) is 24.8 Å². The number of nitrogens with two attached hydrogens (primary N) is 1. The minimum absolute atomic E-state index is 0.0641. The van der Waals surface area contributed by atoms with Gasteiger partial charge in [-0.25, -0.2) is 0 Å². The number of hydrogen-bond donors (Lipinski definition) is 2. The predicted molar refractivity (Wildman–Crippen MR) is 84.7 cm³/mol. The van der Waals surface area contributed by atoms with E-state index in [-0.39, 0.29) is 11.9 Å². The van der Waals surface area contributed by atoms with Gasteiger partial charge in [-0.2, -0.15) is 0 Å². The highest BCUT2D eigenvalue weighted by Gasteiger charge is 2.13. The normalized spacial score (nSPS) is 13.8. The number of halogens is 1. The van der Waals surface area contributed by atoms with Crippen LogP contribution in [0.5, 0.6) is 0 Å². The highest BCUT2D eigenvalue weighted by Crippen LogP contribution is 2.22. The Morgan fingerprint density at radius 2 is 2.05 bits per heavy atom. The minimum Gasteiger partial charge on any atom is -0.350 e. The zero-order valence-electron chi connectivity index (χ0n) is 12.4. The molecule has 0 radical (unpaired) electrons. The average molecular weight is 297 g/mol. The molecule has 0 aliphatic rings. The van der Waals surface area contributed by atoms with Crippen LogP contribution in [0.1, 0.15) is 51.1 Å². The molecule has 4 heteroatoms. The first-order valence-electron chi connectivity index (χ1n) is 7.32. The molecule has 0 saturated heterocycles. The van der Waals surface area contributed by atoms with Gasteiger partial charge in [-0.05, 0) is 43.9 Å². The summed E-state index contributed by atoms with van der Waals surface area (Å²) < 4.78 is 0. The van der Waals surface area contributed by atoms with Crippen LogP contribution in [0.25, 0.3) is 0 Å². The second-order valence-corrected chi connectivity index (χ2v) is 5.61. The Morgan fingerprint density at radius 3 is 2.65 bits per heavy atom. The number of benzene rings is 1. The van der Waals surface area contributed by atoms with Crippen LogP contribution in [0.15, 0.2) is 24.3 Å². The lowest BCUT2D eigenvalue weighted by atomic mass is 9.96.